The van der Waals surface area contributed by atoms with Gasteiger partial charge in [-0.25, -0.2) is 14.2 Å². The molecule has 0 spiro atoms. The van der Waals surface area contributed by atoms with Gasteiger partial charge in [0.05, 0.1) is 16.8 Å². The second-order valence-corrected chi connectivity index (χ2v) is 5.70. The number of fused-ring (bicyclic) bond motifs is 1. The molecule has 2 aromatic carbocycles. The third kappa shape index (κ3) is 3.92. The number of carbonyl (C=O) groups excluding carboxylic acids is 1. The number of halogens is 1. The van der Waals surface area contributed by atoms with Crippen LogP contribution in [0.4, 0.5) is 10.1 Å². The summed E-state index contributed by atoms with van der Waals surface area (Å²) in [5.74, 6) is -1.73. The molecule has 1 heterocycles. The average molecular weight is 350 g/mol. The normalized spacial score (nSPS) is 11.0. The summed E-state index contributed by atoms with van der Waals surface area (Å²) in [4.78, 5) is 26.8. The van der Waals surface area contributed by atoms with E-state index in [1.54, 1.807) is 36.4 Å². The molecule has 2 N–H and O–H groups in total. The van der Waals surface area contributed by atoms with Gasteiger partial charge in [0.2, 0.25) is 5.91 Å². The van der Waals surface area contributed by atoms with Gasteiger partial charge in [-0.3, -0.25) is 4.79 Å². The van der Waals surface area contributed by atoms with Gasteiger partial charge in [-0.1, -0.05) is 18.2 Å². The minimum Gasteiger partial charge on any atom is -0.478 e. The van der Waals surface area contributed by atoms with Crippen LogP contribution in [0.25, 0.3) is 23.1 Å². The van der Waals surface area contributed by atoms with Crippen LogP contribution < -0.4 is 5.32 Å². The van der Waals surface area contributed by atoms with E-state index < -0.39 is 11.8 Å². The van der Waals surface area contributed by atoms with E-state index in [0.29, 0.717) is 16.8 Å². The maximum absolute atomic E-state index is 13.4. The molecule has 0 atom stereocenters. The fourth-order valence-electron chi connectivity index (χ4n) is 2.55. The number of carbonyl (C=O) groups is 2. The first kappa shape index (κ1) is 17.3. The number of carboxylic acids is 1. The average Bonchev–Trinajstić information content (AvgIpc) is 2.59. The SMILES string of the molecule is CC(=O)Nc1ccc(/C=C/c2cc(C(=O)O)c3ccc(F)cc3n2)cc1. The van der Waals surface area contributed by atoms with Crippen LogP contribution in [0.2, 0.25) is 0 Å². The molecular formula is C20H15FN2O3. The van der Waals surface area contributed by atoms with Crippen molar-refractivity contribution in [2.45, 2.75) is 6.92 Å². The number of amides is 1. The zero-order valence-electron chi connectivity index (χ0n) is 13.9. The van der Waals surface area contributed by atoms with Gasteiger partial charge < -0.3 is 10.4 Å². The molecule has 0 fully saturated rings. The second-order valence-electron chi connectivity index (χ2n) is 5.70. The number of anilines is 1. The van der Waals surface area contributed by atoms with Crippen molar-refractivity contribution in [3.8, 4) is 0 Å². The molecule has 3 aromatic rings. The lowest BCUT2D eigenvalue weighted by Crippen LogP contribution is -2.05. The number of hydrogen-bond acceptors (Lipinski definition) is 3. The lowest BCUT2D eigenvalue weighted by atomic mass is 10.1. The van der Waals surface area contributed by atoms with Gasteiger partial charge >= 0.3 is 5.97 Å². The van der Waals surface area contributed by atoms with Crippen LogP contribution in [0.15, 0.2) is 48.5 Å². The van der Waals surface area contributed by atoms with Crippen LogP contribution in [0.1, 0.15) is 28.5 Å². The summed E-state index contributed by atoms with van der Waals surface area (Å²) in [5, 5.41) is 12.4. The van der Waals surface area contributed by atoms with Crippen LogP contribution in [-0.2, 0) is 4.79 Å². The molecular weight excluding hydrogens is 335 g/mol. The summed E-state index contributed by atoms with van der Waals surface area (Å²) in [6.07, 6.45) is 3.42. The van der Waals surface area contributed by atoms with E-state index >= 15 is 0 Å². The van der Waals surface area contributed by atoms with Gasteiger partial charge in [0.1, 0.15) is 5.82 Å². The number of hydrogen-bond donors (Lipinski definition) is 2. The number of nitrogens with one attached hydrogen (secondary N) is 1. The Labute approximate surface area is 148 Å². The molecule has 0 saturated heterocycles. The smallest absolute Gasteiger partial charge is 0.336 e. The molecule has 0 bridgehead atoms. The van der Waals surface area contributed by atoms with E-state index in [2.05, 4.69) is 10.3 Å². The van der Waals surface area contributed by atoms with Crippen LogP contribution in [-0.4, -0.2) is 22.0 Å². The molecule has 6 heteroatoms. The topological polar surface area (TPSA) is 79.3 Å². The summed E-state index contributed by atoms with van der Waals surface area (Å²) >= 11 is 0. The maximum atomic E-state index is 13.4. The highest BCUT2D eigenvalue weighted by Gasteiger charge is 2.11. The number of rotatable bonds is 4. The van der Waals surface area contributed by atoms with Crippen molar-refractivity contribution in [2.75, 3.05) is 5.32 Å². The summed E-state index contributed by atoms with van der Waals surface area (Å²) in [7, 11) is 0. The number of nitrogens with zero attached hydrogens (tertiary/aromatic N) is 1. The minimum atomic E-state index is -1.10. The fraction of sp³-hybridized carbons (Fsp3) is 0.0500. The number of aromatic nitrogens is 1. The molecule has 26 heavy (non-hydrogen) atoms. The minimum absolute atomic E-state index is 0.0654. The number of benzene rings is 2. The molecule has 0 unspecified atom stereocenters. The van der Waals surface area contributed by atoms with Crippen molar-refractivity contribution in [3.05, 3.63) is 71.2 Å². The van der Waals surface area contributed by atoms with Crippen molar-refractivity contribution in [1.29, 1.82) is 0 Å². The Hall–Kier alpha value is -3.54. The van der Waals surface area contributed by atoms with Gasteiger partial charge in [0.15, 0.2) is 0 Å². The van der Waals surface area contributed by atoms with Gasteiger partial charge in [-0.2, -0.15) is 0 Å². The molecule has 0 radical (unpaired) electrons. The first-order chi connectivity index (χ1) is 12.4. The Morgan fingerprint density at radius 3 is 2.46 bits per heavy atom. The molecule has 0 aliphatic heterocycles. The second kappa shape index (κ2) is 7.14. The van der Waals surface area contributed by atoms with Gasteiger partial charge in [0.25, 0.3) is 0 Å². The highest BCUT2D eigenvalue weighted by molar-refractivity contribution is 6.03. The summed E-state index contributed by atoms with van der Waals surface area (Å²) in [6.45, 7) is 1.43. The van der Waals surface area contributed by atoms with Gasteiger partial charge in [-0.15, -0.1) is 0 Å². The maximum Gasteiger partial charge on any atom is 0.336 e. The zero-order chi connectivity index (χ0) is 18.7. The molecule has 0 aliphatic carbocycles. The van der Waals surface area contributed by atoms with E-state index in [-0.39, 0.29) is 17.0 Å². The third-order valence-electron chi connectivity index (χ3n) is 3.70. The monoisotopic (exact) mass is 350 g/mol. The van der Waals surface area contributed by atoms with E-state index in [0.717, 1.165) is 5.56 Å². The van der Waals surface area contributed by atoms with Crippen molar-refractivity contribution < 1.29 is 19.1 Å². The molecule has 1 aromatic heterocycles. The van der Waals surface area contributed by atoms with Crippen LogP contribution in [0.5, 0.6) is 0 Å². The van der Waals surface area contributed by atoms with Crippen LogP contribution >= 0.6 is 0 Å². The van der Waals surface area contributed by atoms with Crippen LogP contribution in [0.3, 0.4) is 0 Å². The number of pyridine rings is 1. The lowest BCUT2D eigenvalue weighted by Gasteiger charge is -2.05. The van der Waals surface area contributed by atoms with Crippen molar-refractivity contribution in [3.63, 3.8) is 0 Å². The van der Waals surface area contributed by atoms with Crippen molar-refractivity contribution in [1.82, 2.24) is 4.98 Å². The summed E-state index contributed by atoms with van der Waals surface area (Å²) < 4.78 is 13.4. The van der Waals surface area contributed by atoms with Gasteiger partial charge in [0, 0.05) is 24.1 Å². The van der Waals surface area contributed by atoms with Crippen molar-refractivity contribution in [2.24, 2.45) is 0 Å². The fourth-order valence-corrected chi connectivity index (χ4v) is 2.55. The molecule has 1 amide bonds. The summed E-state index contributed by atoms with van der Waals surface area (Å²) in [5.41, 5.74) is 2.28. The molecule has 3 rings (SSSR count). The first-order valence-electron chi connectivity index (χ1n) is 7.82. The molecule has 130 valence electrons. The Bertz CT molecular complexity index is 1030. The van der Waals surface area contributed by atoms with E-state index in [1.807, 2.05) is 0 Å². The van der Waals surface area contributed by atoms with E-state index in [4.69, 9.17) is 0 Å². The molecule has 0 saturated carbocycles. The Morgan fingerprint density at radius 2 is 1.81 bits per heavy atom. The van der Waals surface area contributed by atoms with E-state index in [9.17, 15) is 19.1 Å². The largest absolute Gasteiger partial charge is 0.478 e. The van der Waals surface area contributed by atoms with Crippen molar-refractivity contribution >= 4 is 40.6 Å². The third-order valence-corrected chi connectivity index (χ3v) is 3.70. The predicted octanol–water partition coefficient (Wildman–Crippen LogP) is 4.20. The number of aromatic carboxylic acids is 1. The Balaban J connectivity index is 1.93. The highest BCUT2D eigenvalue weighted by atomic mass is 19.1. The standard InChI is InChI=1S/C20H15FN2O3/c1-12(24)22-15-6-2-13(3-7-15)4-8-16-11-18(20(25)26)17-9-5-14(21)10-19(17)23-16/h2-11H,1H3,(H,22,24)(H,25,26)/b8-4+. The highest BCUT2D eigenvalue weighted by Crippen LogP contribution is 2.21. The van der Waals surface area contributed by atoms with E-state index in [1.165, 1.54) is 31.2 Å². The molecule has 5 nitrogen and oxygen atoms in total. The first-order valence-corrected chi connectivity index (χ1v) is 7.82. The molecule has 0 aliphatic rings. The van der Waals surface area contributed by atoms with Crippen LogP contribution in [0, 0.1) is 5.82 Å². The predicted molar refractivity (Wildman–Crippen MR) is 98.3 cm³/mol. The Kier molecular flexibility index (Phi) is 4.75. The Morgan fingerprint density at radius 1 is 1.08 bits per heavy atom. The lowest BCUT2D eigenvalue weighted by molar-refractivity contribution is -0.114. The van der Waals surface area contributed by atoms with Gasteiger partial charge in [-0.05, 0) is 42.0 Å². The number of carboxylic acid groups (broad SMARTS) is 1. The summed E-state index contributed by atoms with van der Waals surface area (Å²) in [6, 6.07) is 12.4. The quantitative estimate of drug-likeness (QED) is 0.739. The zero-order valence-corrected chi connectivity index (χ0v) is 13.9.